The van der Waals surface area contributed by atoms with Crippen LogP contribution < -0.4 is 10.5 Å². The van der Waals surface area contributed by atoms with Crippen molar-refractivity contribution >= 4 is 15.7 Å². The molecule has 1 aromatic carbocycles. The molecule has 0 aliphatic heterocycles. The van der Waals surface area contributed by atoms with Crippen molar-refractivity contribution in [3.05, 3.63) is 36.2 Å². The highest BCUT2D eigenvalue weighted by Crippen LogP contribution is 2.18. The summed E-state index contributed by atoms with van der Waals surface area (Å²) in [5, 5.41) is 6.17. The van der Waals surface area contributed by atoms with Gasteiger partial charge in [-0.05, 0) is 25.1 Å². The Morgan fingerprint density at radius 3 is 2.74 bits per heavy atom. The lowest BCUT2D eigenvalue weighted by molar-refractivity contribution is 0.558. The highest BCUT2D eigenvalue weighted by atomic mass is 32.2. The predicted molar refractivity (Wildman–Crippen MR) is 65.9 cm³/mol. The third-order valence-corrected chi connectivity index (χ3v) is 3.90. The van der Waals surface area contributed by atoms with E-state index in [0.29, 0.717) is 5.82 Å². The molecule has 1 heterocycles. The van der Waals surface area contributed by atoms with E-state index >= 15 is 0 Å². The van der Waals surface area contributed by atoms with Crippen LogP contribution in [-0.2, 0) is 10.0 Å². The Labute approximate surface area is 109 Å². The number of sulfonamides is 1. The Kier molecular flexibility index (Phi) is 3.49. The number of benzene rings is 1. The van der Waals surface area contributed by atoms with Crippen LogP contribution in [0.2, 0.25) is 0 Å². The number of hydrogen-bond acceptors (Lipinski definition) is 5. The fourth-order valence-electron chi connectivity index (χ4n) is 1.52. The van der Waals surface area contributed by atoms with Gasteiger partial charge in [0.15, 0.2) is 0 Å². The minimum Gasteiger partial charge on any atom is -0.399 e. The van der Waals surface area contributed by atoms with E-state index in [4.69, 9.17) is 5.73 Å². The van der Waals surface area contributed by atoms with E-state index in [9.17, 15) is 12.8 Å². The van der Waals surface area contributed by atoms with Gasteiger partial charge in [-0.25, -0.2) is 22.5 Å². The molecule has 1 unspecified atom stereocenters. The first-order chi connectivity index (χ1) is 8.88. The van der Waals surface area contributed by atoms with Gasteiger partial charge in [0.2, 0.25) is 10.0 Å². The maximum absolute atomic E-state index is 13.2. The number of nitrogens with two attached hydrogens (primary N) is 1. The van der Waals surface area contributed by atoms with Crippen LogP contribution in [-0.4, -0.2) is 23.6 Å². The van der Waals surface area contributed by atoms with Crippen LogP contribution >= 0.6 is 0 Å². The Morgan fingerprint density at radius 2 is 2.16 bits per heavy atom. The van der Waals surface area contributed by atoms with Gasteiger partial charge in [-0.1, -0.05) is 0 Å². The van der Waals surface area contributed by atoms with Gasteiger partial charge in [-0.15, -0.1) is 0 Å². The zero-order valence-corrected chi connectivity index (χ0v) is 10.8. The smallest absolute Gasteiger partial charge is 0.241 e. The van der Waals surface area contributed by atoms with Gasteiger partial charge < -0.3 is 5.73 Å². The van der Waals surface area contributed by atoms with Crippen molar-refractivity contribution < 1.29 is 12.8 Å². The Bertz CT molecular complexity index is 651. The lowest BCUT2D eigenvalue weighted by Gasteiger charge is -2.12. The minimum absolute atomic E-state index is 0.0349. The van der Waals surface area contributed by atoms with Gasteiger partial charge in [-0.2, -0.15) is 5.10 Å². The average molecular weight is 285 g/mol. The van der Waals surface area contributed by atoms with Crippen molar-refractivity contribution in [1.29, 1.82) is 0 Å². The van der Waals surface area contributed by atoms with Crippen molar-refractivity contribution in [3.8, 4) is 0 Å². The maximum Gasteiger partial charge on any atom is 0.241 e. The lowest BCUT2D eigenvalue weighted by Crippen LogP contribution is -2.27. The van der Waals surface area contributed by atoms with E-state index < -0.39 is 21.9 Å². The van der Waals surface area contributed by atoms with Crippen molar-refractivity contribution in [2.24, 2.45) is 0 Å². The molecule has 2 aromatic rings. The van der Waals surface area contributed by atoms with Gasteiger partial charge in [-0.3, -0.25) is 5.10 Å². The maximum atomic E-state index is 13.2. The first-order valence-corrected chi connectivity index (χ1v) is 6.80. The van der Waals surface area contributed by atoms with Crippen LogP contribution in [0.5, 0.6) is 0 Å². The summed E-state index contributed by atoms with van der Waals surface area (Å²) in [6.07, 6.45) is 1.26. The summed E-state index contributed by atoms with van der Waals surface area (Å²) >= 11 is 0. The molecule has 0 saturated carbocycles. The van der Waals surface area contributed by atoms with E-state index in [1.54, 1.807) is 6.92 Å². The number of hydrogen-bond donors (Lipinski definition) is 3. The first-order valence-electron chi connectivity index (χ1n) is 5.32. The molecule has 7 nitrogen and oxygen atoms in total. The van der Waals surface area contributed by atoms with E-state index in [1.807, 2.05) is 0 Å². The summed E-state index contributed by atoms with van der Waals surface area (Å²) in [5.41, 5.74) is 5.46. The molecule has 0 amide bonds. The first kappa shape index (κ1) is 13.4. The molecule has 1 aromatic heterocycles. The highest BCUT2D eigenvalue weighted by molar-refractivity contribution is 7.89. The molecule has 0 radical (unpaired) electrons. The molecular weight excluding hydrogens is 273 g/mol. The average Bonchev–Trinajstić information content (AvgIpc) is 2.80. The van der Waals surface area contributed by atoms with Crippen molar-refractivity contribution in [3.63, 3.8) is 0 Å². The van der Waals surface area contributed by atoms with Crippen LogP contribution in [0, 0.1) is 5.82 Å². The van der Waals surface area contributed by atoms with Crippen LogP contribution in [0.4, 0.5) is 10.1 Å². The number of nitrogens with one attached hydrogen (secondary N) is 2. The quantitative estimate of drug-likeness (QED) is 0.710. The lowest BCUT2D eigenvalue weighted by atomic mass is 10.3. The summed E-state index contributed by atoms with van der Waals surface area (Å²) in [4.78, 5) is 3.60. The largest absolute Gasteiger partial charge is 0.399 e. The fourth-order valence-corrected chi connectivity index (χ4v) is 2.79. The van der Waals surface area contributed by atoms with Crippen molar-refractivity contribution in [2.45, 2.75) is 17.9 Å². The van der Waals surface area contributed by atoms with Gasteiger partial charge >= 0.3 is 0 Å². The Balaban J connectivity index is 2.27. The molecule has 0 aliphatic rings. The number of aromatic amines is 1. The monoisotopic (exact) mass is 285 g/mol. The van der Waals surface area contributed by atoms with E-state index in [1.165, 1.54) is 12.4 Å². The number of anilines is 1. The van der Waals surface area contributed by atoms with Crippen LogP contribution in [0.3, 0.4) is 0 Å². The molecule has 0 spiro atoms. The molecule has 0 bridgehead atoms. The second-order valence-corrected chi connectivity index (χ2v) is 5.65. The normalized spacial score (nSPS) is 13.4. The van der Waals surface area contributed by atoms with Crippen LogP contribution in [0.1, 0.15) is 18.8 Å². The van der Waals surface area contributed by atoms with E-state index in [0.717, 1.165) is 12.1 Å². The van der Waals surface area contributed by atoms with Crippen LogP contribution in [0.25, 0.3) is 0 Å². The minimum atomic E-state index is -3.89. The summed E-state index contributed by atoms with van der Waals surface area (Å²) in [7, 11) is -3.89. The summed E-state index contributed by atoms with van der Waals surface area (Å²) in [6.45, 7) is 1.58. The van der Waals surface area contributed by atoms with E-state index in [-0.39, 0.29) is 10.6 Å². The van der Waals surface area contributed by atoms with E-state index in [2.05, 4.69) is 19.9 Å². The number of nitrogen functional groups attached to an aromatic ring is 1. The summed E-state index contributed by atoms with van der Waals surface area (Å²) in [5.74, 6) is -0.361. The Morgan fingerprint density at radius 1 is 1.42 bits per heavy atom. The van der Waals surface area contributed by atoms with Gasteiger partial charge in [0.05, 0.1) is 10.9 Å². The van der Waals surface area contributed by atoms with Crippen LogP contribution in [0.15, 0.2) is 29.4 Å². The molecule has 1 atom stereocenters. The molecule has 0 fully saturated rings. The molecular formula is C10H12FN5O2S. The third kappa shape index (κ3) is 3.06. The number of halogens is 1. The zero-order chi connectivity index (χ0) is 14.0. The predicted octanol–water partition coefficient (Wildman–Crippen LogP) is 0.566. The second-order valence-electron chi connectivity index (χ2n) is 3.93. The summed E-state index contributed by atoms with van der Waals surface area (Å²) < 4.78 is 39.6. The highest BCUT2D eigenvalue weighted by Gasteiger charge is 2.20. The molecule has 2 rings (SSSR count). The third-order valence-electron chi connectivity index (χ3n) is 2.38. The SMILES string of the molecule is CC(NS(=O)(=O)c1cc(N)cc(F)c1)c1ncn[nH]1. The second kappa shape index (κ2) is 4.94. The van der Waals surface area contributed by atoms with Crippen molar-refractivity contribution in [2.75, 3.05) is 5.73 Å². The molecule has 9 heteroatoms. The number of aromatic nitrogens is 3. The molecule has 19 heavy (non-hydrogen) atoms. The molecule has 4 N–H and O–H groups in total. The molecule has 102 valence electrons. The summed E-state index contributed by atoms with van der Waals surface area (Å²) in [6, 6.07) is 2.49. The number of H-pyrrole nitrogens is 1. The topological polar surface area (TPSA) is 114 Å². The van der Waals surface area contributed by atoms with Gasteiger partial charge in [0, 0.05) is 5.69 Å². The zero-order valence-electron chi connectivity index (χ0n) is 9.96. The van der Waals surface area contributed by atoms with Crippen molar-refractivity contribution in [1.82, 2.24) is 19.9 Å². The fraction of sp³-hybridized carbons (Fsp3) is 0.200. The standard InChI is InChI=1S/C10H12FN5O2S/c1-6(10-13-5-14-15-10)16-19(17,18)9-3-7(11)2-8(12)4-9/h2-6,16H,12H2,1H3,(H,13,14,15). The molecule has 0 saturated heterocycles. The number of nitrogens with zero attached hydrogens (tertiary/aromatic N) is 2. The number of rotatable bonds is 4. The molecule has 0 aliphatic carbocycles. The van der Waals surface area contributed by atoms with Gasteiger partial charge in [0.25, 0.3) is 0 Å². The Hall–Kier alpha value is -2.00. The van der Waals surface area contributed by atoms with Gasteiger partial charge in [0.1, 0.15) is 18.0 Å².